The summed E-state index contributed by atoms with van der Waals surface area (Å²) in [4.78, 5) is 4.00. The van der Waals surface area contributed by atoms with E-state index in [1.54, 1.807) is 18.2 Å². The van der Waals surface area contributed by atoms with Crippen molar-refractivity contribution in [3.8, 4) is 0 Å². The summed E-state index contributed by atoms with van der Waals surface area (Å²) < 4.78 is 25.2. The summed E-state index contributed by atoms with van der Waals surface area (Å²) >= 11 is 23.3. The van der Waals surface area contributed by atoms with Gasteiger partial charge in [-0.1, -0.05) is 52.5 Å². The molecule has 10 heteroatoms. The van der Waals surface area contributed by atoms with Gasteiger partial charge in [-0.05, 0) is 36.4 Å². The van der Waals surface area contributed by atoms with E-state index in [1.165, 1.54) is 30.5 Å². The number of hydrogen-bond donors (Lipinski definition) is 2. The Hall–Kier alpha value is -0.760. The molecule has 0 saturated heterocycles. The molecule has 1 heterocycles. The van der Waals surface area contributed by atoms with Gasteiger partial charge in [-0.25, -0.2) is 13.4 Å². The Kier molecular flexibility index (Phi) is 5.99. The van der Waals surface area contributed by atoms with E-state index in [2.05, 4.69) is 15.0 Å². The molecule has 1 aromatic carbocycles. The molecule has 5 nitrogen and oxygen atoms in total. The van der Waals surface area contributed by atoms with Gasteiger partial charge in [0.25, 0.3) is 0 Å². The molecule has 0 saturated carbocycles. The third kappa shape index (κ3) is 5.38. The molecule has 0 aliphatic carbocycles. The predicted molar refractivity (Wildman–Crippen MR) is 93.7 cm³/mol. The normalized spacial score (nSPS) is 13.6. The number of nitrogens with zero attached hydrogens (tertiary/aromatic N) is 1. The van der Waals surface area contributed by atoms with Crippen LogP contribution >= 0.6 is 46.4 Å². The molecular weight excluding hydrogens is 404 g/mol. The molecule has 1 unspecified atom stereocenters. The van der Waals surface area contributed by atoms with Crippen LogP contribution in [0.5, 0.6) is 0 Å². The molecule has 0 spiro atoms. The maximum atomic E-state index is 12.4. The number of pyridine rings is 1. The van der Waals surface area contributed by atoms with E-state index in [9.17, 15) is 8.42 Å². The summed E-state index contributed by atoms with van der Waals surface area (Å²) in [5.41, 5.74) is 0. The van der Waals surface area contributed by atoms with Crippen LogP contribution in [0.25, 0.3) is 0 Å². The van der Waals surface area contributed by atoms with Crippen molar-refractivity contribution in [2.24, 2.45) is 0 Å². The second-order valence-electron chi connectivity index (χ2n) is 4.41. The SMILES string of the molecule is O=S(=O)(NC(Nc1ccccn1)C(Cl)(Cl)Cl)c1ccc(Cl)cc1. The standard InChI is InChI=1S/C13H11Cl4N3O2S/c14-9-4-6-10(7-5-9)23(21,22)20-12(13(15,16)17)19-11-3-1-2-8-18-11/h1-8,12,20H,(H,18,19). The zero-order valence-corrected chi connectivity index (χ0v) is 15.2. The highest BCUT2D eigenvalue weighted by molar-refractivity contribution is 7.89. The minimum absolute atomic E-state index is 0.0102. The van der Waals surface area contributed by atoms with Crippen molar-refractivity contribution >= 4 is 62.2 Å². The first-order valence-electron chi connectivity index (χ1n) is 6.21. The van der Waals surface area contributed by atoms with Crippen molar-refractivity contribution in [1.82, 2.24) is 9.71 Å². The molecule has 2 N–H and O–H groups in total. The number of rotatable bonds is 5. The third-order valence-corrected chi connectivity index (χ3v) is 5.03. The predicted octanol–water partition coefficient (Wildman–Crippen LogP) is 3.82. The minimum Gasteiger partial charge on any atom is -0.350 e. The Labute approximate surface area is 154 Å². The molecule has 0 aliphatic heterocycles. The Bertz CT molecular complexity index is 749. The van der Waals surface area contributed by atoms with Crippen LogP contribution in [0.15, 0.2) is 53.6 Å². The summed E-state index contributed by atoms with van der Waals surface area (Å²) in [7, 11) is -3.93. The topological polar surface area (TPSA) is 71.1 Å². The van der Waals surface area contributed by atoms with Gasteiger partial charge in [0.05, 0.1) is 4.90 Å². The maximum absolute atomic E-state index is 12.4. The van der Waals surface area contributed by atoms with Crippen molar-refractivity contribution < 1.29 is 8.42 Å². The smallest absolute Gasteiger partial charge is 0.242 e. The van der Waals surface area contributed by atoms with Gasteiger partial charge in [0, 0.05) is 11.2 Å². The van der Waals surface area contributed by atoms with Crippen molar-refractivity contribution in [1.29, 1.82) is 0 Å². The van der Waals surface area contributed by atoms with Gasteiger partial charge in [0.1, 0.15) is 12.0 Å². The minimum atomic E-state index is -3.93. The lowest BCUT2D eigenvalue weighted by molar-refractivity contribution is 0.565. The lowest BCUT2D eigenvalue weighted by Gasteiger charge is -2.26. The Balaban J connectivity index is 2.25. The largest absolute Gasteiger partial charge is 0.350 e. The molecule has 124 valence electrons. The first-order chi connectivity index (χ1) is 10.7. The molecule has 2 aromatic rings. The summed E-state index contributed by atoms with van der Waals surface area (Å²) in [5, 5.41) is 3.14. The van der Waals surface area contributed by atoms with Crippen molar-refractivity contribution in [2.45, 2.75) is 14.9 Å². The second-order valence-corrected chi connectivity index (χ2v) is 8.93. The molecular formula is C13H11Cl4N3O2S. The molecule has 0 aliphatic rings. The van der Waals surface area contributed by atoms with Crippen molar-refractivity contribution in [3.05, 3.63) is 53.7 Å². The van der Waals surface area contributed by atoms with E-state index in [-0.39, 0.29) is 4.90 Å². The van der Waals surface area contributed by atoms with E-state index in [0.717, 1.165) is 0 Å². The average molecular weight is 415 g/mol. The van der Waals surface area contributed by atoms with Crippen LogP contribution in [0, 0.1) is 0 Å². The van der Waals surface area contributed by atoms with Crippen LogP contribution in [-0.2, 0) is 10.0 Å². The van der Waals surface area contributed by atoms with E-state index in [1.807, 2.05) is 0 Å². The molecule has 1 atom stereocenters. The number of alkyl halides is 3. The van der Waals surface area contributed by atoms with Gasteiger partial charge in [-0.3, -0.25) is 0 Å². The highest BCUT2D eigenvalue weighted by Gasteiger charge is 2.36. The molecule has 0 radical (unpaired) electrons. The molecule has 23 heavy (non-hydrogen) atoms. The fourth-order valence-electron chi connectivity index (χ4n) is 1.61. The van der Waals surface area contributed by atoms with Crippen molar-refractivity contribution in [2.75, 3.05) is 5.32 Å². The lowest BCUT2D eigenvalue weighted by atomic mass is 10.4. The number of benzene rings is 1. The monoisotopic (exact) mass is 413 g/mol. The van der Waals surface area contributed by atoms with Crippen LogP contribution in [-0.4, -0.2) is 23.4 Å². The van der Waals surface area contributed by atoms with Gasteiger partial charge >= 0.3 is 0 Å². The zero-order valence-electron chi connectivity index (χ0n) is 11.4. The zero-order chi connectivity index (χ0) is 17.1. The molecule has 2 rings (SSSR count). The summed E-state index contributed by atoms with van der Waals surface area (Å²) in [6.07, 6.45) is 0.286. The molecule has 1 aromatic heterocycles. The van der Waals surface area contributed by atoms with Crippen LogP contribution in [0.2, 0.25) is 5.02 Å². The number of hydrogen-bond acceptors (Lipinski definition) is 4. The highest BCUT2D eigenvalue weighted by atomic mass is 35.6. The van der Waals surface area contributed by atoms with Crippen LogP contribution in [0.1, 0.15) is 0 Å². The van der Waals surface area contributed by atoms with Crippen LogP contribution < -0.4 is 10.0 Å². The van der Waals surface area contributed by atoms with E-state index in [0.29, 0.717) is 10.8 Å². The van der Waals surface area contributed by atoms with Gasteiger partial charge in [0.2, 0.25) is 13.8 Å². The number of nitrogens with one attached hydrogen (secondary N) is 2. The summed E-state index contributed by atoms with van der Waals surface area (Å²) in [6, 6.07) is 10.6. The second kappa shape index (κ2) is 7.42. The van der Waals surface area contributed by atoms with Gasteiger partial charge in [-0.15, -0.1) is 0 Å². The number of anilines is 1. The molecule has 0 amide bonds. The quantitative estimate of drug-likeness (QED) is 0.576. The number of aromatic nitrogens is 1. The van der Waals surface area contributed by atoms with E-state index >= 15 is 0 Å². The van der Waals surface area contributed by atoms with Crippen LogP contribution in [0.3, 0.4) is 0 Å². The van der Waals surface area contributed by atoms with Gasteiger partial charge in [-0.2, -0.15) is 4.72 Å². The molecule has 0 bridgehead atoms. The Morgan fingerprint density at radius 2 is 1.70 bits per heavy atom. The molecule has 0 fully saturated rings. The third-order valence-electron chi connectivity index (χ3n) is 2.68. The van der Waals surface area contributed by atoms with E-state index in [4.69, 9.17) is 46.4 Å². The van der Waals surface area contributed by atoms with Gasteiger partial charge in [0.15, 0.2) is 0 Å². The Morgan fingerprint density at radius 3 is 2.22 bits per heavy atom. The maximum Gasteiger partial charge on any atom is 0.242 e. The van der Waals surface area contributed by atoms with E-state index < -0.39 is 20.0 Å². The highest BCUT2D eigenvalue weighted by Crippen LogP contribution is 2.31. The Morgan fingerprint density at radius 1 is 1.04 bits per heavy atom. The fourth-order valence-corrected chi connectivity index (χ4v) is 3.43. The lowest BCUT2D eigenvalue weighted by Crippen LogP contribution is -2.49. The first-order valence-corrected chi connectivity index (χ1v) is 9.20. The first kappa shape index (κ1) is 18.6. The fraction of sp³-hybridized carbons (Fsp3) is 0.154. The number of halogens is 4. The van der Waals surface area contributed by atoms with Crippen LogP contribution in [0.4, 0.5) is 5.82 Å². The summed E-state index contributed by atoms with van der Waals surface area (Å²) in [6.45, 7) is 0. The summed E-state index contributed by atoms with van der Waals surface area (Å²) in [5.74, 6) is 0.350. The average Bonchev–Trinajstić information content (AvgIpc) is 2.47. The van der Waals surface area contributed by atoms with Crippen molar-refractivity contribution in [3.63, 3.8) is 0 Å². The van der Waals surface area contributed by atoms with Gasteiger partial charge < -0.3 is 5.32 Å². The number of sulfonamides is 1.